The van der Waals surface area contributed by atoms with Crippen molar-refractivity contribution in [3.8, 4) is 5.75 Å². The molecule has 0 saturated heterocycles. The molecule has 0 radical (unpaired) electrons. The number of benzene rings is 1. The molecule has 0 aliphatic heterocycles. The zero-order valence-electron chi connectivity index (χ0n) is 6.59. The van der Waals surface area contributed by atoms with E-state index in [1.807, 2.05) is 0 Å². The first-order chi connectivity index (χ1) is 6.18. The summed E-state index contributed by atoms with van der Waals surface area (Å²) in [7, 11) is 0. The summed E-state index contributed by atoms with van der Waals surface area (Å²) >= 11 is 0. The smallest absolute Gasteiger partial charge is 0.265 e. The summed E-state index contributed by atoms with van der Waals surface area (Å²) in [5.74, 6) is -0.00556. The Bertz CT molecular complexity index is 436. The lowest BCUT2D eigenvalue weighted by atomic mass is 10.2. The van der Waals surface area contributed by atoms with Crippen molar-refractivity contribution < 1.29 is 13.9 Å². The fourth-order valence-electron chi connectivity index (χ4n) is 1.31. The largest absolute Gasteiger partial charge is 0.508 e. The topological polar surface area (TPSA) is 36.0 Å². The third-order valence-electron chi connectivity index (χ3n) is 1.93. The van der Waals surface area contributed by atoms with Gasteiger partial charge in [-0.2, -0.15) is 0 Å². The number of phenolic OH excluding ortho intramolecular Hbond substituents is 1. The van der Waals surface area contributed by atoms with Crippen LogP contribution in [0.3, 0.4) is 0 Å². The van der Waals surface area contributed by atoms with E-state index in [1.165, 1.54) is 18.3 Å². The number of phenols is 1. The lowest BCUT2D eigenvalue weighted by Crippen LogP contribution is -1.79. The van der Waals surface area contributed by atoms with Gasteiger partial charge in [0.15, 0.2) is 0 Å². The number of rotatable bonds is 1. The highest BCUT2D eigenvalue weighted by Gasteiger charge is 2.12. The summed E-state index contributed by atoms with van der Waals surface area (Å²) in [6.07, 6.45) is -1.26. The fraction of sp³-hybridized carbons (Fsp3) is 0.111. The standard InChI is InChI=1S/C9H7F2NO/c10-9(11)7-4-12-8-2-1-5(13)3-6(7)8/h1-4,9,12-13H. The second-order valence-electron chi connectivity index (χ2n) is 2.77. The third-order valence-corrected chi connectivity index (χ3v) is 1.93. The summed E-state index contributed by atoms with van der Waals surface area (Å²) < 4.78 is 24.7. The number of halogens is 2. The molecule has 1 aromatic heterocycles. The Balaban J connectivity index is 2.71. The first kappa shape index (κ1) is 8.04. The van der Waals surface area contributed by atoms with Gasteiger partial charge in [0.2, 0.25) is 0 Å². The Labute approximate surface area is 72.8 Å². The minimum atomic E-state index is -2.52. The van der Waals surface area contributed by atoms with Crippen molar-refractivity contribution in [1.82, 2.24) is 4.98 Å². The molecular weight excluding hydrogens is 176 g/mol. The van der Waals surface area contributed by atoms with Crippen LogP contribution in [-0.2, 0) is 0 Å². The van der Waals surface area contributed by atoms with Gasteiger partial charge in [-0.05, 0) is 18.2 Å². The van der Waals surface area contributed by atoms with Crippen molar-refractivity contribution in [3.63, 3.8) is 0 Å². The van der Waals surface area contributed by atoms with E-state index in [4.69, 9.17) is 5.11 Å². The molecule has 4 heteroatoms. The van der Waals surface area contributed by atoms with E-state index in [0.717, 1.165) is 0 Å². The molecule has 1 heterocycles. The number of fused-ring (bicyclic) bond motifs is 1. The highest BCUT2D eigenvalue weighted by atomic mass is 19.3. The fourth-order valence-corrected chi connectivity index (χ4v) is 1.31. The summed E-state index contributed by atoms with van der Waals surface area (Å²) in [5.41, 5.74) is 0.527. The van der Waals surface area contributed by atoms with E-state index >= 15 is 0 Å². The number of alkyl halides is 2. The lowest BCUT2D eigenvalue weighted by Gasteiger charge is -1.96. The predicted molar refractivity (Wildman–Crippen MR) is 44.9 cm³/mol. The van der Waals surface area contributed by atoms with Crippen molar-refractivity contribution in [1.29, 1.82) is 0 Å². The van der Waals surface area contributed by atoms with Crippen molar-refractivity contribution in [2.45, 2.75) is 6.43 Å². The second kappa shape index (κ2) is 2.73. The molecule has 2 rings (SSSR count). The van der Waals surface area contributed by atoms with Gasteiger partial charge in [0.05, 0.1) is 0 Å². The molecule has 2 N–H and O–H groups in total. The number of H-pyrrole nitrogens is 1. The van der Waals surface area contributed by atoms with Gasteiger partial charge in [0.1, 0.15) is 5.75 Å². The zero-order chi connectivity index (χ0) is 9.42. The molecule has 0 saturated carbocycles. The van der Waals surface area contributed by atoms with Crippen molar-refractivity contribution in [2.24, 2.45) is 0 Å². The quantitative estimate of drug-likeness (QED) is 0.700. The first-order valence-electron chi connectivity index (χ1n) is 3.76. The normalized spacial score (nSPS) is 11.3. The molecule has 0 atom stereocenters. The predicted octanol–water partition coefficient (Wildman–Crippen LogP) is 2.81. The number of aromatic amines is 1. The molecule has 2 aromatic rings. The van der Waals surface area contributed by atoms with Crippen LogP contribution in [0.5, 0.6) is 5.75 Å². The average Bonchev–Trinajstić information content (AvgIpc) is 2.46. The van der Waals surface area contributed by atoms with Crippen LogP contribution in [0.2, 0.25) is 0 Å². The van der Waals surface area contributed by atoms with Crippen LogP contribution >= 0.6 is 0 Å². The van der Waals surface area contributed by atoms with E-state index in [2.05, 4.69) is 4.98 Å². The van der Waals surface area contributed by atoms with E-state index < -0.39 is 6.43 Å². The molecule has 68 valence electrons. The van der Waals surface area contributed by atoms with Gasteiger partial charge in [-0.15, -0.1) is 0 Å². The van der Waals surface area contributed by atoms with E-state index in [0.29, 0.717) is 10.9 Å². The van der Waals surface area contributed by atoms with Gasteiger partial charge in [-0.25, -0.2) is 8.78 Å². The minimum absolute atomic E-state index is 0.00556. The monoisotopic (exact) mass is 183 g/mol. The van der Waals surface area contributed by atoms with Crippen LogP contribution in [0.25, 0.3) is 10.9 Å². The molecule has 1 aromatic carbocycles. The van der Waals surface area contributed by atoms with Crippen LogP contribution < -0.4 is 0 Å². The highest BCUT2D eigenvalue weighted by molar-refractivity contribution is 5.84. The molecular formula is C9H7F2NO. The van der Waals surface area contributed by atoms with Crippen molar-refractivity contribution >= 4 is 10.9 Å². The maximum absolute atomic E-state index is 12.4. The van der Waals surface area contributed by atoms with Crippen LogP contribution in [-0.4, -0.2) is 10.1 Å². The van der Waals surface area contributed by atoms with E-state index in [1.54, 1.807) is 6.07 Å². The number of hydrogen-bond donors (Lipinski definition) is 2. The van der Waals surface area contributed by atoms with Gasteiger partial charge in [-0.3, -0.25) is 0 Å². The summed E-state index contributed by atoms with van der Waals surface area (Å²) in [6, 6.07) is 4.35. The Morgan fingerprint density at radius 3 is 2.77 bits per heavy atom. The van der Waals surface area contributed by atoms with Crippen LogP contribution in [0.4, 0.5) is 8.78 Å². The number of hydrogen-bond acceptors (Lipinski definition) is 1. The Hall–Kier alpha value is -1.58. The van der Waals surface area contributed by atoms with Crippen molar-refractivity contribution in [3.05, 3.63) is 30.0 Å². The molecule has 0 aliphatic carbocycles. The van der Waals surface area contributed by atoms with Crippen molar-refractivity contribution in [2.75, 3.05) is 0 Å². The van der Waals surface area contributed by atoms with Gasteiger partial charge in [0, 0.05) is 22.7 Å². The number of aromatic nitrogens is 1. The van der Waals surface area contributed by atoms with Gasteiger partial charge in [0.25, 0.3) is 6.43 Å². The van der Waals surface area contributed by atoms with Gasteiger partial charge in [-0.1, -0.05) is 0 Å². The molecule has 0 unspecified atom stereocenters. The zero-order valence-corrected chi connectivity index (χ0v) is 6.59. The second-order valence-corrected chi connectivity index (χ2v) is 2.77. The summed E-state index contributed by atoms with van der Waals surface area (Å²) in [5, 5.41) is 9.47. The Morgan fingerprint density at radius 2 is 2.08 bits per heavy atom. The maximum Gasteiger partial charge on any atom is 0.265 e. The molecule has 0 spiro atoms. The molecule has 13 heavy (non-hydrogen) atoms. The van der Waals surface area contributed by atoms with Crippen LogP contribution in [0, 0.1) is 0 Å². The molecule has 2 nitrogen and oxygen atoms in total. The van der Waals surface area contributed by atoms with E-state index in [-0.39, 0.29) is 11.3 Å². The SMILES string of the molecule is Oc1ccc2[nH]cc(C(F)F)c2c1. The number of nitrogens with one attached hydrogen (secondary N) is 1. The first-order valence-corrected chi connectivity index (χ1v) is 3.76. The molecule has 0 amide bonds. The van der Waals surface area contributed by atoms with E-state index in [9.17, 15) is 8.78 Å². The molecule has 0 aliphatic rings. The summed E-state index contributed by atoms with van der Waals surface area (Å²) in [4.78, 5) is 2.71. The highest BCUT2D eigenvalue weighted by Crippen LogP contribution is 2.29. The average molecular weight is 183 g/mol. The lowest BCUT2D eigenvalue weighted by molar-refractivity contribution is 0.153. The molecule has 0 fully saturated rings. The number of aromatic hydroxyl groups is 1. The Morgan fingerprint density at radius 1 is 1.31 bits per heavy atom. The van der Waals surface area contributed by atoms with Gasteiger partial charge < -0.3 is 10.1 Å². The molecule has 0 bridgehead atoms. The summed E-state index contributed by atoms with van der Waals surface area (Å²) in [6.45, 7) is 0. The third kappa shape index (κ3) is 1.24. The Kier molecular flexibility index (Phi) is 1.69. The van der Waals surface area contributed by atoms with Crippen LogP contribution in [0.15, 0.2) is 24.4 Å². The maximum atomic E-state index is 12.4. The minimum Gasteiger partial charge on any atom is -0.508 e. The van der Waals surface area contributed by atoms with Crippen LogP contribution in [0.1, 0.15) is 12.0 Å². The van der Waals surface area contributed by atoms with Gasteiger partial charge >= 0.3 is 0 Å².